The van der Waals surface area contributed by atoms with Crippen molar-refractivity contribution in [1.82, 2.24) is 14.8 Å². The molecular weight excluding hydrogens is 390 g/mol. The fourth-order valence-electron chi connectivity index (χ4n) is 4.28. The zero-order valence-electron chi connectivity index (χ0n) is 18.1. The molecule has 0 radical (unpaired) electrons. The van der Waals surface area contributed by atoms with Crippen molar-refractivity contribution in [2.75, 3.05) is 52.5 Å². The third kappa shape index (κ3) is 4.70. The maximum Gasteiger partial charge on any atom is 0.197 e. The van der Waals surface area contributed by atoms with Gasteiger partial charge in [0.05, 0.1) is 24.2 Å². The third-order valence-corrected chi connectivity index (χ3v) is 6.41. The van der Waals surface area contributed by atoms with E-state index in [1.54, 1.807) is 0 Å². The number of aromatic amines is 1. The van der Waals surface area contributed by atoms with Crippen molar-refractivity contribution >= 4 is 21.8 Å². The van der Waals surface area contributed by atoms with Crippen LogP contribution in [0.15, 0.2) is 41.2 Å². The number of nitrogens with one attached hydrogen (secondary N) is 1. The molecule has 2 aliphatic rings. The maximum atomic E-state index is 13.2. The highest BCUT2D eigenvalue weighted by atomic mass is 16.5. The van der Waals surface area contributed by atoms with Crippen molar-refractivity contribution in [3.63, 3.8) is 0 Å². The first-order valence-corrected chi connectivity index (χ1v) is 11.6. The second-order valence-electron chi connectivity index (χ2n) is 8.66. The van der Waals surface area contributed by atoms with Gasteiger partial charge in [-0.25, -0.2) is 0 Å². The molecule has 0 spiro atoms. The number of hydrogen-bond donors (Lipinski definition) is 1. The summed E-state index contributed by atoms with van der Waals surface area (Å²) in [6, 6.07) is 11.4. The highest BCUT2D eigenvalue weighted by Gasteiger charge is 2.14. The summed E-state index contributed by atoms with van der Waals surface area (Å²) in [4.78, 5) is 21.4. The van der Waals surface area contributed by atoms with Crippen molar-refractivity contribution in [1.29, 1.82) is 0 Å². The smallest absolute Gasteiger partial charge is 0.197 e. The molecule has 2 saturated heterocycles. The molecule has 2 fully saturated rings. The predicted molar refractivity (Wildman–Crippen MR) is 124 cm³/mol. The number of ether oxygens (including phenoxy) is 2. The van der Waals surface area contributed by atoms with E-state index in [9.17, 15) is 4.79 Å². The summed E-state index contributed by atoms with van der Waals surface area (Å²) in [5.74, 6) is 1.50. The van der Waals surface area contributed by atoms with Gasteiger partial charge in [0.25, 0.3) is 0 Å². The fourth-order valence-corrected chi connectivity index (χ4v) is 4.28. The topological polar surface area (TPSA) is 57.8 Å². The van der Waals surface area contributed by atoms with Crippen molar-refractivity contribution in [3.8, 4) is 11.5 Å². The highest BCUT2D eigenvalue weighted by molar-refractivity contribution is 5.93. The summed E-state index contributed by atoms with van der Waals surface area (Å²) in [6.45, 7) is 8.35. The van der Waals surface area contributed by atoms with Crippen molar-refractivity contribution in [2.45, 2.75) is 25.7 Å². The van der Waals surface area contributed by atoms with E-state index in [-0.39, 0.29) is 5.43 Å². The van der Waals surface area contributed by atoms with Gasteiger partial charge >= 0.3 is 0 Å². The number of nitrogens with zero attached hydrogens (tertiary/aromatic N) is 2. The molecule has 0 saturated carbocycles. The molecule has 0 aliphatic carbocycles. The zero-order valence-corrected chi connectivity index (χ0v) is 18.1. The zero-order chi connectivity index (χ0) is 21.0. The molecule has 3 heterocycles. The van der Waals surface area contributed by atoms with Crippen molar-refractivity contribution < 1.29 is 9.47 Å². The Morgan fingerprint density at radius 1 is 0.742 bits per heavy atom. The minimum absolute atomic E-state index is 0.0146. The first-order valence-electron chi connectivity index (χ1n) is 11.6. The average Bonchev–Trinajstić information content (AvgIpc) is 2.71. The van der Waals surface area contributed by atoms with Gasteiger partial charge in [-0.2, -0.15) is 0 Å². The largest absolute Gasteiger partial charge is 0.494 e. The van der Waals surface area contributed by atoms with E-state index in [0.29, 0.717) is 24.0 Å². The molecule has 6 heteroatoms. The van der Waals surface area contributed by atoms with Gasteiger partial charge in [0.1, 0.15) is 11.5 Å². The van der Waals surface area contributed by atoms with Crippen LogP contribution in [0.1, 0.15) is 25.7 Å². The number of fused-ring (bicyclic) bond motifs is 2. The number of likely N-dealkylation sites (tertiary alicyclic amines) is 2. The molecule has 6 nitrogen and oxygen atoms in total. The van der Waals surface area contributed by atoms with Gasteiger partial charge in [-0.05, 0) is 88.3 Å². The first-order chi connectivity index (χ1) is 15.3. The molecule has 164 valence electrons. The van der Waals surface area contributed by atoms with Gasteiger partial charge in [0.2, 0.25) is 0 Å². The van der Waals surface area contributed by atoms with Crippen molar-refractivity contribution in [2.24, 2.45) is 0 Å². The van der Waals surface area contributed by atoms with Crippen LogP contribution in [0.2, 0.25) is 0 Å². The lowest BCUT2D eigenvalue weighted by Crippen LogP contribution is -2.38. The van der Waals surface area contributed by atoms with E-state index in [2.05, 4.69) is 14.8 Å². The molecule has 1 aromatic heterocycles. The molecule has 0 amide bonds. The second-order valence-corrected chi connectivity index (χ2v) is 8.66. The van der Waals surface area contributed by atoms with Gasteiger partial charge in [0, 0.05) is 23.9 Å². The van der Waals surface area contributed by atoms with E-state index in [0.717, 1.165) is 48.5 Å². The summed E-state index contributed by atoms with van der Waals surface area (Å²) in [7, 11) is 0. The molecule has 2 aromatic carbocycles. The summed E-state index contributed by atoms with van der Waals surface area (Å²) < 4.78 is 11.8. The van der Waals surface area contributed by atoms with Gasteiger partial charge < -0.3 is 24.3 Å². The van der Waals surface area contributed by atoms with Crippen LogP contribution < -0.4 is 14.9 Å². The summed E-state index contributed by atoms with van der Waals surface area (Å²) in [5.41, 5.74) is 1.67. The minimum atomic E-state index is 0.0146. The van der Waals surface area contributed by atoms with Crippen LogP contribution in [0.3, 0.4) is 0 Å². The molecule has 0 bridgehead atoms. The van der Waals surface area contributed by atoms with Crippen molar-refractivity contribution in [3.05, 3.63) is 46.6 Å². The summed E-state index contributed by atoms with van der Waals surface area (Å²) >= 11 is 0. The van der Waals surface area contributed by atoms with Crippen LogP contribution in [0.4, 0.5) is 0 Å². The number of pyridine rings is 1. The van der Waals surface area contributed by atoms with Gasteiger partial charge in [-0.1, -0.05) is 0 Å². The number of aromatic nitrogens is 1. The molecule has 0 atom stereocenters. The maximum absolute atomic E-state index is 13.2. The fraction of sp³-hybridized carbons (Fsp3) is 0.480. The number of hydrogen-bond acceptors (Lipinski definition) is 5. The van der Waals surface area contributed by atoms with E-state index < -0.39 is 0 Å². The van der Waals surface area contributed by atoms with Crippen LogP contribution in [0, 0.1) is 0 Å². The Labute approximate surface area is 182 Å². The molecule has 1 N–H and O–H groups in total. The summed E-state index contributed by atoms with van der Waals surface area (Å²) in [6.07, 6.45) is 4.64. The Kier molecular flexibility index (Phi) is 6.09. The van der Waals surface area contributed by atoms with E-state index >= 15 is 0 Å². The standard InChI is InChI=1S/C25H31N3O3/c29-25-21-17-19(30-15-3-13-27-9-1-10-27)5-7-23(21)26-24-8-6-20(18-22(24)25)31-16-4-14-28-11-2-12-28/h5-8,17-18H,1-4,9-16H2,(H,26,29). The Hall–Kier alpha value is -2.57. The number of H-pyrrole nitrogens is 1. The number of benzene rings is 2. The lowest BCUT2D eigenvalue weighted by atomic mass is 10.1. The monoisotopic (exact) mass is 421 g/mol. The van der Waals surface area contributed by atoms with E-state index in [1.807, 2.05) is 36.4 Å². The van der Waals surface area contributed by atoms with Crippen LogP contribution in [-0.2, 0) is 0 Å². The Morgan fingerprint density at radius 3 is 1.65 bits per heavy atom. The van der Waals surface area contributed by atoms with Gasteiger partial charge in [-0.3, -0.25) is 4.79 Å². The average molecular weight is 422 g/mol. The van der Waals surface area contributed by atoms with Gasteiger partial charge in [-0.15, -0.1) is 0 Å². The van der Waals surface area contributed by atoms with E-state index in [1.165, 1.54) is 39.0 Å². The van der Waals surface area contributed by atoms with E-state index in [4.69, 9.17) is 9.47 Å². The molecule has 5 rings (SSSR count). The minimum Gasteiger partial charge on any atom is -0.494 e. The van der Waals surface area contributed by atoms with Crippen LogP contribution in [0.25, 0.3) is 21.8 Å². The molecule has 3 aromatic rings. The second kappa shape index (κ2) is 9.28. The Balaban J connectivity index is 1.26. The molecule has 31 heavy (non-hydrogen) atoms. The molecular formula is C25H31N3O3. The van der Waals surface area contributed by atoms with Crippen LogP contribution in [-0.4, -0.2) is 67.3 Å². The molecule has 0 unspecified atom stereocenters. The predicted octanol–water partition coefficient (Wildman–Crippen LogP) is 3.63. The summed E-state index contributed by atoms with van der Waals surface area (Å²) in [5, 5.41) is 1.31. The number of rotatable bonds is 10. The Morgan fingerprint density at radius 2 is 1.23 bits per heavy atom. The molecule has 2 aliphatic heterocycles. The lowest BCUT2D eigenvalue weighted by Gasteiger charge is -2.30. The van der Waals surface area contributed by atoms with Crippen LogP contribution in [0.5, 0.6) is 11.5 Å². The SMILES string of the molecule is O=c1c2cc(OCCCN3CCC3)ccc2[nH]c2ccc(OCCCN3CCC3)cc12. The quantitative estimate of drug-likeness (QED) is 0.400. The normalized spacial score (nSPS) is 16.9. The first kappa shape index (κ1) is 20.3. The van der Waals surface area contributed by atoms with Gasteiger partial charge in [0.15, 0.2) is 5.43 Å². The van der Waals surface area contributed by atoms with Crippen LogP contribution >= 0.6 is 0 Å². The third-order valence-electron chi connectivity index (χ3n) is 6.41. The Bertz CT molecular complexity index is 1020. The highest BCUT2D eigenvalue weighted by Crippen LogP contribution is 2.23. The lowest BCUT2D eigenvalue weighted by molar-refractivity contribution is 0.165.